The molecule has 1 aliphatic rings. The summed E-state index contributed by atoms with van der Waals surface area (Å²) in [4.78, 5) is 20.5. The highest BCUT2D eigenvalue weighted by Crippen LogP contribution is 2.05. The fraction of sp³-hybridized carbons (Fsp3) is 0.600. The predicted molar refractivity (Wildman–Crippen MR) is 77.6 cm³/mol. The Balaban J connectivity index is 1.73. The van der Waals surface area contributed by atoms with Crippen LogP contribution in [-0.2, 0) is 16.0 Å². The second-order valence-corrected chi connectivity index (χ2v) is 5.18. The maximum absolute atomic E-state index is 11.7. The van der Waals surface area contributed by atoms with E-state index in [9.17, 15) is 4.79 Å². The van der Waals surface area contributed by atoms with Crippen molar-refractivity contribution < 1.29 is 9.53 Å². The van der Waals surface area contributed by atoms with Gasteiger partial charge in [-0.3, -0.25) is 14.7 Å². The number of aromatic nitrogens is 1. The van der Waals surface area contributed by atoms with E-state index in [1.807, 2.05) is 17.9 Å². The summed E-state index contributed by atoms with van der Waals surface area (Å²) >= 11 is 0. The second kappa shape index (κ2) is 7.36. The monoisotopic (exact) mass is 277 g/mol. The van der Waals surface area contributed by atoms with Crippen LogP contribution in [0.15, 0.2) is 18.2 Å². The minimum Gasteiger partial charge on any atom is -0.375 e. The fourth-order valence-corrected chi connectivity index (χ4v) is 2.45. The van der Waals surface area contributed by atoms with Crippen LogP contribution in [0.3, 0.4) is 0 Å². The van der Waals surface area contributed by atoms with Crippen molar-refractivity contribution in [3.63, 3.8) is 0 Å². The van der Waals surface area contributed by atoms with E-state index >= 15 is 0 Å². The molecule has 1 aliphatic heterocycles. The quantitative estimate of drug-likeness (QED) is 0.796. The van der Waals surface area contributed by atoms with Crippen LogP contribution in [0.4, 0.5) is 0 Å². The van der Waals surface area contributed by atoms with Gasteiger partial charge in [0, 0.05) is 57.6 Å². The summed E-state index contributed by atoms with van der Waals surface area (Å²) in [6, 6.07) is 6.15. The maximum atomic E-state index is 11.7. The Labute approximate surface area is 120 Å². The molecule has 0 atom stereocenters. The summed E-state index contributed by atoms with van der Waals surface area (Å²) in [5.74, 6) is 0.0903. The molecule has 0 spiro atoms. The number of nitrogens with zero attached hydrogens (tertiary/aromatic N) is 3. The summed E-state index contributed by atoms with van der Waals surface area (Å²) in [7, 11) is 1.56. The van der Waals surface area contributed by atoms with Gasteiger partial charge in [0.25, 0.3) is 0 Å². The Morgan fingerprint density at radius 3 is 2.70 bits per heavy atom. The number of piperazine rings is 1. The Kier molecular flexibility index (Phi) is 5.49. The van der Waals surface area contributed by atoms with E-state index in [4.69, 9.17) is 4.74 Å². The number of carbonyl (C=O) groups is 1. The Morgan fingerprint density at radius 2 is 2.05 bits per heavy atom. The molecule has 0 saturated carbocycles. The van der Waals surface area contributed by atoms with Crippen LogP contribution >= 0.6 is 0 Å². The summed E-state index contributed by atoms with van der Waals surface area (Å²) in [6.07, 6.45) is 0.966. The largest absolute Gasteiger partial charge is 0.375 e. The molecule has 0 aliphatic carbocycles. The smallest absolute Gasteiger partial charge is 0.248 e. The van der Waals surface area contributed by atoms with E-state index in [2.05, 4.69) is 22.0 Å². The number of hydrogen-bond donors (Lipinski definition) is 0. The van der Waals surface area contributed by atoms with Crippen molar-refractivity contribution in [2.75, 3.05) is 46.4 Å². The van der Waals surface area contributed by atoms with E-state index < -0.39 is 0 Å². The first kappa shape index (κ1) is 14.9. The zero-order chi connectivity index (χ0) is 14.4. The Morgan fingerprint density at radius 1 is 1.30 bits per heavy atom. The Bertz CT molecular complexity index is 442. The van der Waals surface area contributed by atoms with Gasteiger partial charge in [-0.05, 0) is 19.1 Å². The molecule has 1 aromatic rings. The molecule has 1 fully saturated rings. The van der Waals surface area contributed by atoms with E-state index in [-0.39, 0.29) is 12.5 Å². The number of methoxy groups -OCH3 is 1. The van der Waals surface area contributed by atoms with Crippen molar-refractivity contribution in [1.82, 2.24) is 14.8 Å². The van der Waals surface area contributed by atoms with Crippen LogP contribution in [-0.4, -0.2) is 67.1 Å². The van der Waals surface area contributed by atoms with E-state index in [0.29, 0.717) is 0 Å². The van der Waals surface area contributed by atoms with Gasteiger partial charge in [-0.1, -0.05) is 6.07 Å². The number of hydrogen-bond acceptors (Lipinski definition) is 4. The molecule has 20 heavy (non-hydrogen) atoms. The topological polar surface area (TPSA) is 45.7 Å². The van der Waals surface area contributed by atoms with Crippen molar-refractivity contribution in [1.29, 1.82) is 0 Å². The molecule has 5 heteroatoms. The fourth-order valence-electron chi connectivity index (χ4n) is 2.45. The highest BCUT2D eigenvalue weighted by molar-refractivity contribution is 5.77. The molecule has 1 amide bonds. The number of pyridine rings is 1. The molecule has 0 aromatic carbocycles. The lowest BCUT2D eigenvalue weighted by molar-refractivity contribution is -0.136. The van der Waals surface area contributed by atoms with Crippen LogP contribution in [0.2, 0.25) is 0 Å². The van der Waals surface area contributed by atoms with Crippen LogP contribution in [0.1, 0.15) is 11.4 Å². The van der Waals surface area contributed by atoms with Crippen LogP contribution in [0.5, 0.6) is 0 Å². The van der Waals surface area contributed by atoms with E-state index in [1.165, 1.54) is 0 Å². The predicted octanol–water partition coefficient (Wildman–Crippen LogP) is 0.723. The molecular weight excluding hydrogens is 254 g/mol. The average molecular weight is 277 g/mol. The third-order valence-electron chi connectivity index (χ3n) is 3.62. The van der Waals surface area contributed by atoms with Crippen LogP contribution in [0.25, 0.3) is 0 Å². The normalized spacial score (nSPS) is 16.4. The molecule has 0 bridgehead atoms. The minimum absolute atomic E-state index is 0.0903. The highest BCUT2D eigenvalue weighted by Gasteiger charge is 2.20. The third kappa shape index (κ3) is 4.28. The molecule has 0 N–H and O–H groups in total. The number of aryl methyl sites for hydroxylation is 1. The lowest BCUT2D eigenvalue weighted by atomic mass is 10.2. The van der Waals surface area contributed by atoms with Gasteiger partial charge in [0.05, 0.1) is 0 Å². The SMILES string of the molecule is COCC(=O)N1CCN(CCc2cccc(C)n2)CC1. The van der Waals surface area contributed by atoms with Crippen molar-refractivity contribution in [2.24, 2.45) is 0 Å². The molecule has 0 radical (unpaired) electrons. The van der Waals surface area contributed by atoms with Gasteiger partial charge in [0.1, 0.15) is 6.61 Å². The first-order chi connectivity index (χ1) is 9.69. The molecule has 2 heterocycles. The number of rotatable bonds is 5. The van der Waals surface area contributed by atoms with Crippen molar-refractivity contribution >= 4 is 5.91 Å². The molecular formula is C15H23N3O2. The number of carbonyl (C=O) groups excluding carboxylic acids is 1. The maximum Gasteiger partial charge on any atom is 0.248 e. The molecule has 1 saturated heterocycles. The van der Waals surface area contributed by atoms with Gasteiger partial charge in [0.2, 0.25) is 5.91 Å². The lowest BCUT2D eigenvalue weighted by Crippen LogP contribution is -2.50. The standard InChI is InChI=1S/C15H23N3O2/c1-13-4-3-5-14(16-13)6-7-17-8-10-18(11-9-17)15(19)12-20-2/h3-5H,6-12H2,1-2H3. The lowest BCUT2D eigenvalue weighted by Gasteiger charge is -2.34. The Hall–Kier alpha value is -1.46. The summed E-state index contributed by atoms with van der Waals surface area (Å²) < 4.78 is 4.89. The first-order valence-corrected chi connectivity index (χ1v) is 7.10. The molecule has 1 aromatic heterocycles. The zero-order valence-electron chi connectivity index (χ0n) is 12.3. The van der Waals surface area contributed by atoms with Crippen molar-refractivity contribution in [3.05, 3.63) is 29.6 Å². The van der Waals surface area contributed by atoms with Gasteiger partial charge in [-0.25, -0.2) is 0 Å². The van der Waals surface area contributed by atoms with Gasteiger partial charge in [-0.2, -0.15) is 0 Å². The van der Waals surface area contributed by atoms with Crippen LogP contribution in [0, 0.1) is 6.92 Å². The number of amides is 1. The average Bonchev–Trinajstić information content (AvgIpc) is 2.46. The minimum atomic E-state index is 0.0903. The number of ether oxygens (including phenoxy) is 1. The van der Waals surface area contributed by atoms with Gasteiger partial charge >= 0.3 is 0 Å². The van der Waals surface area contributed by atoms with Crippen molar-refractivity contribution in [3.8, 4) is 0 Å². The molecule has 5 nitrogen and oxygen atoms in total. The van der Waals surface area contributed by atoms with E-state index in [1.54, 1.807) is 7.11 Å². The summed E-state index contributed by atoms with van der Waals surface area (Å²) in [6.45, 7) is 6.66. The third-order valence-corrected chi connectivity index (χ3v) is 3.62. The van der Waals surface area contributed by atoms with E-state index in [0.717, 1.165) is 50.5 Å². The molecule has 0 unspecified atom stereocenters. The molecule has 2 rings (SSSR count). The zero-order valence-corrected chi connectivity index (χ0v) is 12.3. The van der Waals surface area contributed by atoms with Crippen molar-refractivity contribution in [2.45, 2.75) is 13.3 Å². The van der Waals surface area contributed by atoms with Crippen LogP contribution < -0.4 is 0 Å². The molecule has 110 valence electrons. The van der Waals surface area contributed by atoms with Gasteiger partial charge in [0.15, 0.2) is 0 Å². The highest BCUT2D eigenvalue weighted by atomic mass is 16.5. The van der Waals surface area contributed by atoms with Gasteiger partial charge in [-0.15, -0.1) is 0 Å². The summed E-state index contributed by atoms with van der Waals surface area (Å²) in [5, 5.41) is 0. The first-order valence-electron chi connectivity index (χ1n) is 7.10. The second-order valence-electron chi connectivity index (χ2n) is 5.18. The summed E-state index contributed by atoms with van der Waals surface area (Å²) in [5.41, 5.74) is 2.21. The van der Waals surface area contributed by atoms with Gasteiger partial charge < -0.3 is 9.64 Å².